The van der Waals surface area contributed by atoms with Gasteiger partial charge in [0.25, 0.3) is 0 Å². The van der Waals surface area contributed by atoms with E-state index in [-0.39, 0.29) is 17.4 Å². The lowest BCUT2D eigenvalue weighted by Gasteiger charge is -2.23. The van der Waals surface area contributed by atoms with E-state index in [2.05, 4.69) is 0 Å². The number of carboxylic acids is 1. The Balaban J connectivity index is 2.18. The molecule has 1 atom stereocenters. The number of sulfonamides is 1. The fourth-order valence-corrected chi connectivity index (χ4v) is 4.87. The molecule has 2 rings (SSSR count). The zero-order valence-electron chi connectivity index (χ0n) is 11.2. The van der Waals surface area contributed by atoms with Crippen LogP contribution in [0.4, 0.5) is 0 Å². The summed E-state index contributed by atoms with van der Waals surface area (Å²) in [5.41, 5.74) is 0.593. The summed E-state index contributed by atoms with van der Waals surface area (Å²) < 4.78 is 26.3. The second kappa shape index (κ2) is 6.15. The molecule has 5 nitrogen and oxygen atoms in total. The Morgan fingerprint density at radius 2 is 2.05 bits per heavy atom. The smallest absolute Gasteiger partial charge is 0.307 e. The number of rotatable bonds is 5. The summed E-state index contributed by atoms with van der Waals surface area (Å²) in [5, 5.41) is 8.70. The molecule has 0 amide bonds. The number of hydrogen-bond acceptors (Lipinski definition) is 4. The molecule has 0 radical (unpaired) electrons. The van der Waals surface area contributed by atoms with Crippen molar-refractivity contribution in [2.24, 2.45) is 0 Å². The topological polar surface area (TPSA) is 74.7 Å². The Kier molecular flexibility index (Phi) is 4.72. The average Bonchev–Trinajstić information content (AvgIpc) is 2.91. The number of hydrogen-bond donors (Lipinski definition) is 1. The van der Waals surface area contributed by atoms with Gasteiger partial charge in [-0.15, -0.1) is 0 Å². The molecule has 110 valence electrons. The van der Waals surface area contributed by atoms with Crippen LogP contribution in [0.2, 0.25) is 0 Å². The van der Waals surface area contributed by atoms with E-state index in [0.717, 1.165) is 17.9 Å². The van der Waals surface area contributed by atoms with Crippen molar-refractivity contribution in [1.82, 2.24) is 4.31 Å². The third-order valence-corrected chi connectivity index (χ3v) is 6.44. The highest BCUT2D eigenvalue weighted by Gasteiger charge is 2.30. The standard InChI is InChI=1S/C13H17NO4S2/c1-14(11-6-7-19-9-11)20(17,18)12-4-2-10(3-5-12)8-13(15)16/h2-5,11H,6-9H2,1H3,(H,15,16). The lowest BCUT2D eigenvalue weighted by molar-refractivity contribution is -0.136. The number of carboxylic acid groups (broad SMARTS) is 1. The summed E-state index contributed by atoms with van der Waals surface area (Å²) in [4.78, 5) is 10.8. The predicted molar refractivity (Wildman–Crippen MR) is 78.5 cm³/mol. The van der Waals surface area contributed by atoms with Crippen molar-refractivity contribution in [3.8, 4) is 0 Å². The first kappa shape index (κ1) is 15.3. The van der Waals surface area contributed by atoms with Gasteiger partial charge in [-0.3, -0.25) is 4.79 Å². The molecule has 1 aromatic carbocycles. The Hall–Kier alpha value is -1.05. The van der Waals surface area contributed by atoms with E-state index in [9.17, 15) is 13.2 Å². The Bertz CT molecular complexity index is 577. The number of aliphatic carboxylic acids is 1. The van der Waals surface area contributed by atoms with Gasteiger partial charge in [-0.05, 0) is 29.9 Å². The molecule has 0 aromatic heterocycles. The molecule has 20 heavy (non-hydrogen) atoms. The molecule has 1 aliphatic rings. The summed E-state index contributed by atoms with van der Waals surface area (Å²) in [6.07, 6.45) is 0.771. The van der Waals surface area contributed by atoms with E-state index in [0.29, 0.717) is 5.56 Å². The zero-order valence-corrected chi connectivity index (χ0v) is 12.8. The van der Waals surface area contributed by atoms with Crippen LogP contribution in [0, 0.1) is 0 Å². The number of benzene rings is 1. The van der Waals surface area contributed by atoms with Crippen LogP contribution in [-0.4, -0.2) is 48.4 Å². The predicted octanol–water partition coefficient (Wildman–Crippen LogP) is 1.44. The molecule has 7 heteroatoms. The fraction of sp³-hybridized carbons (Fsp3) is 0.462. The van der Waals surface area contributed by atoms with Crippen LogP contribution in [-0.2, 0) is 21.2 Å². The summed E-state index contributed by atoms with van der Waals surface area (Å²) in [6, 6.07) is 6.11. The SMILES string of the molecule is CN(C1CCSC1)S(=O)(=O)c1ccc(CC(=O)O)cc1. The van der Waals surface area contributed by atoms with Crippen molar-refractivity contribution < 1.29 is 18.3 Å². The van der Waals surface area contributed by atoms with E-state index in [1.165, 1.54) is 16.4 Å². The first-order valence-electron chi connectivity index (χ1n) is 6.28. The van der Waals surface area contributed by atoms with Crippen molar-refractivity contribution in [2.75, 3.05) is 18.6 Å². The van der Waals surface area contributed by atoms with E-state index >= 15 is 0 Å². The number of carbonyl (C=O) groups is 1. The molecule has 1 heterocycles. The molecule has 1 saturated heterocycles. The van der Waals surface area contributed by atoms with Crippen LogP contribution < -0.4 is 0 Å². The number of nitrogens with zero attached hydrogens (tertiary/aromatic N) is 1. The minimum Gasteiger partial charge on any atom is -0.481 e. The lowest BCUT2D eigenvalue weighted by atomic mass is 10.2. The van der Waals surface area contributed by atoms with Crippen LogP contribution in [0.5, 0.6) is 0 Å². The van der Waals surface area contributed by atoms with Crippen LogP contribution in [0.1, 0.15) is 12.0 Å². The maximum absolute atomic E-state index is 12.5. The van der Waals surface area contributed by atoms with Gasteiger partial charge in [-0.25, -0.2) is 8.42 Å². The molecule has 0 spiro atoms. The summed E-state index contributed by atoms with van der Waals surface area (Å²) in [6.45, 7) is 0. The highest BCUT2D eigenvalue weighted by atomic mass is 32.2. The second-order valence-electron chi connectivity index (χ2n) is 4.75. The maximum Gasteiger partial charge on any atom is 0.307 e. The van der Waals surface area contributed by atoms with Gasteiger partial charge >= 0.3 is 5.97 Å². The van der Waals surface area contributed by atoms with Crippen molar-refractivity contribution >= 4 is 27.8 Å². The quantitative estimate of drug-likeness (QED) is 0.890. The van der Waals surface area contributed by atoms with Gasteiger partial charge in [0.2, 0.25) is 10.0 Å². The summed E-state index contributed by atoms with van der Waals surface area (Å²) >= 11 is 1.76. The van der Waals surface area contributed by atoms with Crippen molar-refractivity contribution in [3.63, 3.8) is 0 Å². The third kappa shape index (κ3) is 3.34. The highest BCUT2D eigenvalue weighted by Crippen LogP contribution is 2.26. The molecular formula is C13H17NO4S2. The molecule has 1 fully saturated rings. The minimum absolute atomic E-state index is 0.0451. The second-order valence-corrected chi connectivity index (χ2v) is 7.90. The van der Waals surface area contributed by atoms with Crippen LogP contribution in [0.15, 0.2) is 29.2 Å². The van der Waals surface area contributed by atoms with Gasteiger partial charge in [0.05, 0.1) is 11.3 Å². The molecule has 1 aliphatic heterocycles. The van der Waals surface area contributed by atoms with Gasteiger partial charge in [0.1, 0.15) is 0 Å². The van der Waals surface area contributed by atoms with E-state index < -0.39 is 16.0 Å². The number of thioether (sulfide) groups is 1. The first-order chi connectivity index (χ1) is 9.41. The van der Waals surface area contributed by atoms with E-state index in [4.69, 9.17) is 5.11 Å². The highest BCUT2D eigenvalue weighted by molar-refractivity contribution is 7.99. The fourth-order valence-electron chi connectivity index (χ4n) is 2.13. The van der Waals surface area contributed by atoms with E-state index in [1.807, 2.05) is 0 Å². The van der Waals surface area contributed by atoms with Crippen LogP contribution in [0.3, 0.4) is 0 Å². The molecule has 1 aromatic rings. The summed E-state index contributed by atoms with van der Waals surface area (Å²) in [7, 11) is -1.89. The maximum atomic E-state index is 12.5. The summed E-state index contributed by atoms with van der Waals surface area (Å²) in [5.74, 6) is 0.884. The molecular weight excluding hydrogens is 298 g/mol. The average molecular weight is 315 g/mol. The van der Waals surface area contributed by atoms with Crippen LogP contribution in [0.25, 0.3) is 0 Å². The third-order valence-electron chi connectivity index (χ3n) is 3.38. The van der Waals surface area contributed by atoms with Gasteiger partial charge < -0.3 is 5.11 Å². The largest absolute Gasteiger partial charge is 0.481 e. The zero-order chi connectivity index (χ0) is 14.8. The normalized spacial score (nSPS) is 19.4. The van der Waals surface area contributed by atoms with E-state index in [1.54, 1.807) is 30.9 Å². The van der Waals surface area contributed by atoms with Crippen molar-refractivity contribution in [3.05, 3.63) is 29.8 Å². The molecule has 0 bridgehead atoms. The van der Waals surface area contributed by atoms with Gasteiger partial charge in [0.15, 0.2) is 0 Å². The Labute approximate surface area is 123 Å². The van der Waals surface area contributed by atoms with Gasteiger partial charge in [-0.2, -0.15) is 16.1 Å². The van der Waals surface area contributed by atoms with Gasteiger partial charge in [-0.1, -0.05) is 12.1 Å². The van der Waals surface area contributed by atoms with Gasteiger partial charge in [0, 0.05) is 18.8 Å². The molecule has 0 saturated carbocycles. The Morgan fingerprint density at radius 1 is 1.40 bits per heavy atom. The first-order valence-corrected chi connectivity index (χ1v) is 8.87. The molecule has 1 unspecified atom stereocenters. The van der Waals surface area contributed by atoms with Crippen molar-refractivity contribution in [1.29, 1.82) is 0 Å². The Morgan fingerprint density at radius 3 is 2.55 bits per heavy atom. The van der Waals surface area contributed by atoms with Crippen molar-refractivity contribution in [2.45, 2.75) is 23.8 Å². The minimum atomic E-state index is -3.50. The molecule has 0 aliphatic carbocycles. The molecule has 1 N–H and O–H groups in total. The van der Waals surface area contributed by atoms with Crippen LogP contribution >= 0.6 is 11.8 Å². The monoisotopic (exact) mass is 315 g/mol. The lowest BCUT2D eigenvalue weighted by Crippen LogP contribution is -2.36.